The minimum absolute atomic E-state index is 0.663. The molecule has 2 heterocycles. The van der Waals surface area contributed by atoms with E-state index in [9.17, 15) is 0 Å². The fourth-order valence-electron chi connectivity index (χ4n) is 1.67. The summed E-state index contributed by atoms with van der Waals surface area (Å²) in [4.78, 5) is 4.05. The SMILES string of the molecule is Clc1ccccc1-c1cn(-c2cccnc2)nn1. The van der Waals surface area contributed by atoms with E-state index in [4.69, 9.17) is 11.6 Å². The van der Waals surface area contributed by atoms with E-state index in [1.165, 1.54) is 0 Å². The Kier molecular flexibility index (Phi) is 2.78. The van der Waals surface area contributed by atoms with Gasteiger partial charge < -0.3 is 0 Å². The van der Waals surface area contributed by atoms with Gasteiger partial charge in [-0.3, -0.25) is 4.98 Å². The molecule has 0 aliphatic carbocycles. The largest absolute Gasteiger partial charge is 0.262 e. The maximum atomic E-state index is 6.12. The van der Waals surface area contributed by atoms with Crippen LogP contribution in [-0.4, -0.2) is 20.0 Å². The highest BCUT2D eigenvalue weighted by atomic mass is 35.5. The summed E-state index contributed by atoms with van der Waals surface area (Å²) in [6, 6.07) is 11.3. The Bertz CT molecular complexity index is 664. The van der Waals surface area contributed by atoms with Gasteiger partial charge in [-0.15, -0.1) is 5.10 Å². The topological polar surface area (TPSA) is 43.6 Å². The summed E-state index contributed by atoms with van der Waals surface area (Å²) < 4.78 is 1.67. The number of hydrogen-bond donors (Lipinski definition) is 0. The highest BCUT2D eigenvalue weighted by molar-refractivity contribution is 6.33. The van der Waals surface area contributed by atoms with E-state index >= 15 is 0 Å². The van der Waals surface area contributed by atoms with Crippen molar-refractivity contribution in [2.45, 2.75) is 0 Å². The van der Waals surface area contributed by atoms with Gasteiger partial charge in [-0.25, -0.2) is 4.68 Å². The molecule has 1 aromatic carbocycles. The van der Waals surface area contributed by atoms with Crippen LogP contribution in [0.25, 0.3) is 16.9 Å². The average molecular weight is 257 g/mol. The molecule has 0 saturated heterocycles. The van der Waals surface area contributed by atoms with Crippen LogP contribution in [0.5, 0.6) is 0 Å². The van der Waals surface area contributed by atoms with Crippen molar-refractivity contribution in [1.29, 1.82) is 0 Å². The van der Waals surface area contributed by atoms with Crippen LogP contribution >= 0.6 is 11.6 Å². The zero-order valence-electron chi connectivity index (χ0n) is 9.36. The normalized spacial score (nSPS) is 10.5. The van der Waals surface area contributed by atoms with Gasteiger partial charge >= 0.3 is 0 Å². The molecule has 4 nitrogen and oxygen atoms in total. The molecule has 0 aliphatic rings. The van der Waals surface area contributed by atoms with E-state index in [-0.39, 0.29) is 0 Å². The van der Waals surface area contributed by atoms with Crippen LogP contribution < -0.4 is 0 Å². The van der Waals surface area contributed by atoms with Gasteiger partial charge in [0.2, 0.25) is 0 Å². The van der Waals surface area contributed by atoms with E-state index < -0.39 is 0 Å². The number of benzene rings is 1. The molecular weight excluding hydrogens is 248 g/mol. The minimum Gasteiger partial charge on any atom is -0.262 e. The Morgan fingerprint density at radius 3 is 2.72 bits per heavy atom. The van der Waals surface area contributed by atoms with E-state index in [1.54, 1.807) is 17.1 Å². The molecule has 2 aromatic heterocycles. The van der Waals surface area contributed by atoms with Crippen molar-refractivity contribution >= 4 is 11.6 Å². The highest BCUT2D eigenvalue weighted by Gasteiger charge is 2.08. The van der Waals surface area contributed by atoms with Crippen LogP contribution in [0.3, 0.4) is 0 Å². The van der Waals surface area contributed by atoms with Crippen molar-refractivity contribution in [3.05, 3.63) is 60.0 Å². The van der Waals surface area contributed by atoms with E-state index in [1.807, 2.05) is 42.6 Å². The fourth-order valence-corrected chi connectivity index (χ4v) is 1.90. The predicted octanol–water partition coefficient (Wildman–Crippen LogP) is 2.98. The quantitative estimate of drug-likeness (QED) is 0.708. The molecule has 0 atom stereocenters. The van der Waals surface area contributed by atoms with Crippen molar-refractivity contribution in [2.75, 3.05) is 0 Å². The van der Waals surface area contributed by atoms with Gasteiger partial charge in [0.25, 0.3) is 0 Å². The number of rotatable bonds is 2. The summed E-state index contributed by atoms with van der Waals surface area (Å²) in [6.07, 6.45) is 5.28. The molecule has 88 valence electrons. The Morgan fingerprint density at radius 1 is 1.06 bits per heavy atom. The summed E-state index contributed by atoms with van der Waals surface area (Å²) in [7, 11) is 0. The summed E-state index contributed by atoms with van der Waals surface area (Å²) in [5.41, 5.74) is 2.47. The molecule has 0 amide bonds. The third-order valence-electron chi connectivity index (χ3n) is 2.55. The Balaban J connectivity index is 2.03. The highest BCUT2D eigenvalue weighted by Crippen LogP contribution is 2.25. The molecular formula is C13H9ClN4. The zero-order valence-corrected chi connectivity index (χ0v) is 10.1. The lowest BCUT2D eigenvalue weighted by Crippen LogP contribution is -1.94. The second-order valence-corrected chi connectivity index (χ2v) is 4.15. The lowest BCUT2D eigenvalue weighted by atomic mass is 10.2. The Hall–Kier alpha value is -2.20. The van der Waals surface area contributed by atoms with E-state index in [2.05, 4.69) is 15.3 Å². The van der Waals surface area contributed by atoms with E-state index in [0.717, 1.165) is 16.9 Å². The monoisotopic (exact) mass is 256 g/mol. The third kappa shape index (κ3) is 1.98. The first-order valence-corrected chi connectivity index (χ1v) is 5.80. The van der Waals surface area contributed by atoms with Crippen molar-refractivity contribution in [3.63, 3.8) is 0 Å². The van der Waals surface area contributed by atoms with Crippen LogP contribution in [0.4, 0.5) is 0 Å². The molecule has 0 unspecified atom stereocenters. The average Bonchev–Trinajstić information content (AvgIpc) is 2.90. The van der Waals surface area contributed by atoms with Gasteiger partial charge in [0.1, 0.15) is 5.69 Å². The Labute approximate surface area is 109 Å². The number of aromatic nitrogens is 4. The van der Waals surface area contributed by atoms with Gasteiger partial charge in [-0.1, -0.05) is 35.0 Å². The van der Waals surface area contributed by atoms with Crippen LogP contribution in [-0.2, 0) is 0 Å². The number of nitrogens with zero attached hydrogens (tertiary/aromatic N) is 4. The maximum Gasteiger partial charge on any atom is 0.115 e. The van der Waals surface area contributed by atoms with Crippen LogP contribution in [0.1, 0.15) is 0 Å². The lowest BCUT2D eigenvalue weighted by molar-refractivity contribution is 0.800. The molecule has 0 N–H and O–H groups in total. The van der Waals surface area contributed by atoms with Crippen LogP contribution in [0.2, 0.25) is 5.02 Å². The van der Waals surface area contributed by atoms with Crippen molar-refractivity contribution in [2.24, 2.45) is 0 Å². The first-order chi connectivity index (χ1) is 8.84. The zero-order chi connectivity index (χ0) is 12.4. The van der Waals surface area contributed by atoms with Gasteiger partial charge in [0.05, 0.1) is 23.1 Å². The van der Waals surface area contributed by atoms with Gasteiger partial charge in [0.15, 0.2) is 0 Å². The molecule has 0 aliphatic heterocycles. The summed E-state index contributed by atoms with van der Waals surface area (Å²) in [6.45, 7) is 0. The van der Waals surface area contributed by atoms with Gasteiger partial charge in [-0.2, -0.15) is 0 Å². The summed E-state index contributed by atoms with van der Waals surface area (Å²) in [5.74, 6) is 0. The lowest BCUT2D eigenvalue weighted by Gasteiger charge is -1.98. The van der Waals surface area contributed by atoms with Gasteiger partial charge in [-0.05, 0) is 18.2 Å². The number of hydrogen-bond acceptors (Lipinski definition) is 3. The van der Waals surface area contributed by atoms with Crippen LogP contribution in [0, 0.1) is 0 Å². The minimum atomic E-state index is 0.663. The molecule has 5 heteroatoms. The molecule has 0 saturated carbocycles. The second kappa shape index (κ2) is 4.58. The molecule has 0 bridgehead atoms. The number of pyridine rings is 1. The predicted molar refractivity (Wildman–Crippen MR) is 69.6 cm³/mol. The first-order valence-electron chi connectivity index (χ1n) is 5.42. The standard InChI is InChI=1S/C13H9ClN4/c14-12-6-2-1-5-11(12)13-9-18(17-16-13)10-4-3-7-15-8-10/h1-9H. The third-order valence-corrected chi connectivity index (χ3v) is 2.88. The smallest absolute Gasteiger partial charge is 0.115 e. The van der Waals surface area contributed by atoms with Crippen molar-refractivity contribution in [3.8, 4) is 16.9 Å². The number of halogens is 1. The molecule has 3 aromatic rings. The molecule has 3 rings (SSSR count). The van der Waals surface area contributed by atoms with Crippen molar-refractivity contribution in [1.82, 2.24) is 20.0 Å². The molecule has 0 spiro atoms. The first kappa shape index (κ1) is 10.9. The van der Waals surface area contributed by atoms with E-state index in [0.29, 0.717) is 5.02 Å². The van der Waals surface area contributed by atoms with Crippen LogP contribution in [0.15, 0.2) is 55.0 Å². The van der Waals surface area contributed by atoms with Crippen molar-refractivity contribution < 1.29 is 0 Å². The fraction of sp³-hybridized carbons (Fsp3) is 0. The Morgan fingerprint density at radius 2 is 1.94 bits per heavy atom. The molecule has 18 heavy (non-hydrogen) atoms. The molecule has 0 fully saturated rings. The molecule has 0 radical (unpaired) electrons. The summed E-state index contributed by atoms with van der Waals surface area (Å²) >= 11 is 6.12. The summed E-state index contributed by atoms with van der Waals surface area (Å²) in [5, 5.41) is 8.86. The van der Waals surface area contributed by atoms with Gasteiger partial charge in [0, 0.05) is 11.8 Å². The maximum absolute atomic E-state index is 6.12. The second-order valence-electron chi connectivity index (χ2n) is 3.74.